The molecule has 2 aromatic heterocycles. The molecule has 1 amide bonds. The molecule has 3 nitrogen and oxygen atoms in total. The molecule has 1 aliphatic rings. The normalized spacial score (nSPS) is 13.1. The molecule has 110 valence electrons. The number of thiazole rings is 1. The number of aryl methyl sites for hydroxylation is 2. The molecule has 0 spiro atoms. The molecular weight excluding hydrogens is 312 g/mol. The van der Waals surface area contributed by atoms with Crippen molar-refractivity contribution in [2.45, 2.75) is 19.3 Å². The highest BCUT2D eigenvalue weighted by atomic mass is 32.1. The lowest BCUT2D eigenvalue weighted by Gasteiger charge is -2.04. The molecule has 0 unspecified atom stereocenters. The van der Waals surface area contributed by atoms with Crippen LogP contribution in [0.4, 0.5) is 5.69 Å². The predicted molar refractivity (Wildman–Crippen MR) is 91.8 cm³/mol. The van der Waals surface area contributed by atoms with Crippen LogP contribution in [0.15, 0.2) is 41.9 Å². The maximum Gasteiger partial charge on any atom is 0.265 e. The van der Waals surface area contributed by atoms with Crippen LogP contribution in [0, 0.1) is 0 Å². The summed E-state index contributed by atoms with van der Waals surface area (Å²) in [7, 11) is 0. The molecule has 2 heterocycles. The van der Waals surface area contributed by atoms with Gasteiger partial charge in [-0.15, -0.1) is 22.7 Å². The Hall–Kier alpha value is -1.98. The number of carbonyl (C=O) groups is 1. The molecular formula is C17H14N2OS2. The van der Waals surface area contributed by atoms with E-state index < -0.39 is 0 Å². The molecule has 0 bridgehead atoms. The van der Waals surface area contributed by atoms with Crippen molar-refractivity contribution in [3.8, 4) is 10.6 Å². The van der Waals surface area contributed by atoms with Crippen LogP contribution < -0.4 is 5.32 Å². The molecule has 4 rings (SSSR count). The zero-order chi connectivity index (χ0) is 14.9. The number of amides is 1. The largest absolute Gasteiger partial charge is 0.321 e. The smallest absolute Gasteiger partial charge is 0.265 e. The summed E-state index contributed by atoms with van der Waals surface area (Å²) < 4.78 is 0. The van der Waals surface area contributed by atoms with Gasteiger partial charge in [-0.2, -0.15) is 0 Å². The minimum atomic E-state index is -0.0126. The van der Waals surface area contributed by atoms with E-state index in [1.807, 2.05) is 35.7 Å². The van der Waals surface area contributed by atoms with Crippen LogP contribution in [0.5, 0.6) is 0 Å². The second-order valence-electron chi connectivity index (χ2n) is 5.28. The zero-order valence-corrected chi connectivity index (χ0v) is 13.5. The molecule has 1 aliphatic carbocycles. The van der Waals surface area contributed by atoms with Crippen molar-refractivity contribution in [3.63, 3.8) is 0 Å². The van der Waals surface area contributed by atoms with Crippen LogP contribution in [0.3, 0.4) is 0 Å². The highest BCUT2D eigenvalue weighted by Crippen LogP contribution is 2.31. The topological polar surface area (TPSA) is 42.0 Å². The van der Waals surface area contributed by atoms with E-state index >= 15 is 0 Å². The van der Waals surface area contributed by atoms with Gasteiger partial charge in [-0.05, 0) is 55.2 Å². The van der Waals surface area contributed by atoms with Crippen LogP contribution >= 0.6 is 22.7 Å². The molecule has 3 aromatic rings. The standard InChI is InChI=1S/C17H14N2OS2/c20-16(15-10-12-2-1-3-14(12)22-15)19-13-6-4-11(5-7-13)17-18-8-9-21-17/h4-10H,1-3H2,(H,19,20). The van der Waals surface area contributed by atoms with Crippen LogP contribution in [0.1, 0.15) is 26.5 Å². The minimum Gasteiger partial charge on any atom is -0.321 e. The van der Waals surface area contributed by atoms with Gasteiger partial charge in [-0.1, -0.05) is 0 Å². The quantitative estimate of drug-likeness (QED) is 0.763. The highest BCUT2D eigenvalue weighted by molar-refractivity contribution is 7.14. The lowest BCUT2D eigenvalue weighted by atomic mass is 10.2. The number of nitrogens with zero attached hydrogens (tertiary/aromatic N) is 1. The fourth-order valence-electron chi connectivity index (χ4n) is 2.70. The predicted octanol–water partition coefficient (Wildman–Crippen LogP) is 4.61. The van der Waals surface area contributed by atoms with E-state index in [9.17, 15) is 4.79 Å². The van der Waals surface area contributed by atoms with Gasteiger partial charge in [0.2, 0.25) is 0 Å². The minimum absolute atomic E-state index is 0.0126. The van der Waals surface area contributed by atoms with Gasteiger partial charge >= 0.3 is 0 Å². The van der Waals surface area contributed by atoms with Crippen molar-refractivity contribution in [2.24, 2.45) is 0 Å². The van der Waals surface area contributed by atoms with E-state index in [0.29, 0.717) is 0 Å². The molecule has 0 atom stereocenters. The van der Waals surface area contributed by atoms with E-state index in [-0.39, 0.29) is 5.91 Å². The number of hydrogen-bond donors (Lipinski definition) is 1. The Morgan fingerprint density at radius 2 is 2.05 bits per heavy atom. The molecule has 0 saturated heterocycles. The lowest BCUT2D eigenvalue weighted by Crippen LogP contribution is -2.10. The second kappa shape index (κ2) is 5.66. The molecule has 0 aliphatic heterocycles. The van der Waals surface area contributed by atoms with Gasteiger partial charge in [0.15, 0.2) is 0 Å². The summed E-state index contributed by atoms with van der Waals surface area (Å²) in [5.41, 5.74) is 3.25. The average Bonchev–Trinajstić information content (AvgIpc) is 3.24. The Labute approximate surface area is 136 Å². The number of benzene rings is 1. The zero-order valence-electron chi connectivity index (χ0n) is 11.8. The summed E-state index contributed by atoms with van der Waals surface area (Å²) in [5.74, 6) is -0.0126. The van der Waals surface area contributed by atoms with Crippen LogP contribution in [0.25, 0.3) is 10.6 Å². The third-order valence-electron chi connectivity index (χ3n) is 3.79. The number of anilines is 1. The molecule has 0 fully saturated rings. The van der Waals surface area contributed by atoms with Gasteiger partial charge in [0.1, 0.15) is 5.01 Å². The van der Waals surface area contributed by atoms with Gasteiger partial charge in [0.25, 0.3) is 5.91 Å². The Morgan fingerprint density at radius 1 is 1.18 bits per heavy atom. The monoisotopic (exact) mass is 326 g/mol. The molecule has 0 saturated carbocycles. The lowest BCUT2D eigenvalue weighted by molar-refractivity contribution is 0.103. The number of fused-ring (bicyclic) bond motifs is 1. The molecule has 1 aromatic carbocycles. The summed E-state index contributed by atoms with van der Waals surface area (Å²) in [6.45, 7) is 0. The maximum absolute atomic E-state index is 12.3. The van der Waals surface area contributed by atoms with Crippen LogP contribution in [-0.4, -0.2) is 10.9 Å². The molecule has 22 heavy (non-hydrogen) atoms. The SMILES string of the molecule is O=C(Nc1ccc(-c2nccs2)cc1)c1cc2c(s1)CCC2. The number of rotatable bonds is 3. The van der Waals surface area contributed by atoms with E-state index in [0.717, 1.165) is 34.0 Å². The maximum atomic E-state index is 12.3. The van der Waals surface area contributed by atoms with Gasteiger partial charge < -0.3 is 5.32 Å². The first-order chi connectivity index (χ1) is 10.8. The third-order valence-corrected chi connectivity index (χ3v) is 5.85. The number of nitrogens with one attached hydrogen (secondary N) is 1. The first kappa shape index (κ1) is 13.7. The number of thiophene rings is 1. The van der Waals surface area contributed by atoms with Crippen molar-refractivity contribution in [1.82, 2.24) is 4.98 Å². The Balaban J connectivity index is 1.49. The van der Waals surface area contributed by atoms with Crippen molar-refractivity contribution in [2.75, 3.05) is 5.32 Å². The summed E-state index contributed by atoms with van der Waals surface area (Å²) >= 11 is 3.24. The van der Waals surface area contributed by atoms with E-state index in [1.165, 1.54) is 16.9 Å². The Bertz CT molecular complexity index is 782. The van der Waals surface area contributed by atoms with Gasteiger partial charge in [0, 0.05) is 27.7 Å². The van der Waals surface area contributed by atoms with Gasteiger partial charge in [-0.25, -0.2) is 4.98 Å². The van der Waals surface area contributed by atoms with Gasteiger partial charge in [-0.3, -0.25) is 4.79 Å². The second-order valence-corrected chi connectivity index (χ2v) is 7.31. The fourth-order valence-corrected chi connectivity index (χ4v) is 4.49. The van der Waals surface area contributed by atoms with Crippen molar-refractivity contribution < 1.29 is 4.79 Å². The Morgan fingerprint density at radius 3 is 2.77 bits per heavy atom. The van der Waals surface area contributed by atoms with Crippen molar-refractivity contribution in [1.29, 1.82) is 0 Å². The first-order valence-electron chi connectivity index (χ1n) is 7.22. The summed E-state index contributed by atoms with van der Waals surface area (Å²) in [5, 5.41) is 5.93. The highest BCUT2D eigenvalue weighted by Gasteiger charge is 2.18. The first-order valence-corrected chi connectivity index (χ1v) is 8.92. The summed E-state index contributed by atoms with van der Waals surface area (Å²) in [6.07, 6.45) is 5.25. The summed E-state index contributed by atoms with van der Waals surface area (Å²) in [4.78, 5) is 18.8. The third kappa shape index (κ3) is 2.58. The average molecular weight is 326 g/mol. The fraction of sp³-hybridized carbons (Fsp3) is 0.176. The number of carbonyl (C=O) groups excluding carboxylic acids is 1. The van der Waals surface area contributed by atoms with E-state index in [2.05, 4.69) is 10.3 Å². The van der Waals surface area contributed by atoms with Crippen molar-refractivity contribution in [3.05, 3.63) is 57.2 Å². The van der Waals surface area contributed by atoms with Gasteiger partial charge in [0.05, 0.1) is 4.88 Å². The Kier molecular flexibility index (Phi) is 3.52. The summed E-state index contributed by atoms with van der Waals surface area (Å²) in [6, 6.07) is 9.88. The van der Waals surface area contributed by atoms with Crippen LogP contribution in [-0.2, 0) is 12.8 Å². The van der Waals surface area contributed by atoms with Crippen molar-refractivity contribution >= 4 is 34.3 Å². The molecule has 5 heteroatoms. The van der Waals surface area contributed by atoms with E-state index in [4.69, 9.17) is 0 Å². The van der Waals surface area contributed by atoms with Crippen LogP contribution in [0.2, 0.25) is 0 Å². The molecule has 0 radical (unpaired) electrons. The van der Waals surface area contributed by atoms with E-state index in [1.54, 1.807) is 28.9 Å². The number of aromatic nitrogens is 1. The molecule has 1 N–H and O–H groups in total. The number of hydrogen-bond acceptors (Lipinski definition) is 4.